The van der Waals surface area contributed by atoms with E-state index in [1.807, 2.05) is 6.07 Å². The monoisotopic (exact) mass is 532 g/mol. The van der Waals surface area contributed by atoms with Gasteiger partial charge in [-0.25, -0.2) is 0 Å². The number of methoxy groups -OCH3 is 2. The molecule has 1 aliphatic heterocycles. The Balaban J connectivity index is 1.95. The van der Waals surface area contributed by atoms with Crippen LogP contribution >= 0.6 is 0 Å². The molecule has 1 aliphatic rings. The van der Waals surface area contributed by atoms with Crippen LogP contribution in [-0.2, 0) is 6.54 Å². The minimum absolute atomic E-state index is 0.107. The highest BCUT2D eigenvalue weighted by molar-refractivity contribution is 5.42. The first-order chi connectivity index (χ1) is 18.4. The maximum atomic E-state index is 5.46. The van der Waals surface area contributed by atoms with Crippen LogP contribution in [0, 0.1) is 11.8 Å². The second-order valence-electron chi connectivity index (χ2n) is 11.9. The number of unbranched alkanes of at least 4 members (excludes halogenated alkanes) is 2. The minimum atomic E-state index is 0.107. The van der Waals surface area contributed by atoms with Crippen LogP contribution in [0.1, 0.15) is 91.5 Å². The fraction of sp³-hybridized carbons (Fsp3) is 0.812. The standard InChI is InChI=1S/C32H60N4O2/c1-8-12-14-27(10-3)22-35-24-32(5,25-36(26-35)23-28(11-4)15-13-9-2)34-19-18-33-21-29-16-17-30(37-6)31(20-29)38-7/h16-17,20,27-28,33-34H,8-15,18-19,21-26H2,1-7H3. The van der Waals surface area contributed by atoms with Gasteiger partial charge in [0.25, 0.3) is 0 Å². The van der Waals surface area contributed by atoms with E-state index in [9.17, 15) is 0 Å². The van der Waals surface area contributed by atoms with Crippen molar-refractivity contribution in [2.24, 2.45) is 11.8 Å². The van der Waals surface area contributed by atoms with Gasteiger partial charge in [0, 0.05) is 51.4 Å². The maximum Gasteiger partial charge on any atom is 0.161 e. The van der Waals surface area contributed by atoms with Crippen molar-refractivity contribution in [1.82, 2.24) is 20.4 Å². The van der Waals surface area contributed by atoms with E-state index in [-0.39, 0.29) is 5.54 Å². The van der Waals surface area contributed by atoms with Gasteiger partial charge in [-0.2, -0.15) is 0 Å². The van der Waals surface area contributed by atoms with E-state index < -0.39 is 0 Å². The number of hydrogen-bond acceptors (Lipinski definition) is 6. The summed E-state index contributed by atoms with van der Waals surface area (Å²) >= 11 is 0. The Morgan fingerprint density at radius 3 is 1.92 bits per heavy atom. The predicted octanol–water partition coefficient (Wildman–Crippen LogP) is 6.15. The summed E-state index contributed by atoms with van der Waals surface area (Å²) in [4.78, 5) is 5.51. The molecule has 1 saturated heterocycles. The Hall–Kier alpha value is -1.34. The van der Waals surface area contributed by atoms with Crippen molar-refractivity contribution >= 4 is 0 Å². The predicted molar refractivity (Wildman–Crippen MR) is 162 cm³/mol. The van der Waals surface area contributed by atoms with Gasteiger partial charge in [-0.05, 0) is 49.3 Å². The molecule has 1 aromatic rings. The van der Waals surface area contributed by atoms with E-state index in [4.69, 9.17) is 9.47 Å². The number of hydrogen-bond donors (Lipinski definition) is 2. The van der Waals surface area contributed by atoms with E-state index in [0.29, 0.717) is 0 Å². The summed E-state index contributed by atoms with van der Waals surface area (Å²) in [5.74, 6) is 3.18. The van der Waals surface area contributed by atoms with Crippen LogP contribution in [0.15, 0.2) is 18.2 Å². The van der Waals surface area contributed by atoms with Gasteiger partial charge in [0.05, 0.1) is 20.9 Å². The van der Waals surface area contributed by atoms with Gasteiger partial charge in [-0.1, -0.05) is 72.3 Å². The van der Waals surface area contributed by atoms with Crippen molar-refractivity contribution in [3.63, 3.8) is 0 Å². The quantitative estimate of drug-likeness (QED) is 0.197. The molecule has 0 amide bonds. The summed E-state index contributed by atoms with van der Waals surface area (Å²) in [6.07, 6.45) is 10.6. The summed E-state index contributed by atoms with van der Waals surface area (Å²) < 4.78 is 10.8. The van der Waals surface area contributed by atoms with E-state index in [1.54, 1.807) is 14.2 Å². The van der Waals surface area contributed by atoms with E-state index in [1.165, 1.54) is 70.0 Å². The third-order valence-corrected chi connectivity index (χ3v) is 8.30. The highest BCUT2D eigenvalue weighted by Crippen LogP contribution is 2.27. The summed E-state index contributed by atoms with van der Waals surface area (Å²) in [5.41, 5.74) is 1.31. The zero-order valence-corrected chi connectivity index (χ0v) is 25.9. The molecule has 2 unspecified atom stereocenters. The van der Waals surface area contributed by atoms with Crippen molar-refractivity contribution in [2.75, 3.05) is 60.2 Å². The third-order valence-electron chi connectivity index (χ3n) is 8.30. The molecule has 1 heterocycles. The first-order valence-corrected chi connectivity index (χ1v) is 15.5. The van der Waals surface area contributed by atoms with Crippen LogP contribution in [-0.4, -0.2) is 75.5 Å². The number of ether oxygens (including phenoxy) is 2. The highest BCUT2D eigenvalue weighted by Gasteiger charge is 2.35. The topological polar surface area (TPSA) is 49.0 Å². The van der Waals surface area contributed by atoms with Crippen LogP contribution < -0.4 is 20.1 Å². The summed E-state index contributed by atoms with van der Waals surface area (Å²) in [6, 6.07) is 6.14. The van der Waals surface area contributed by atoms with Crippen LogP contribution in [0.4, 0.5) is 0 Å². The molecule has 0 bridgehead atoms. The molecule has 6 heteroatoms. The maximum absolute atomic E-state index is 5.46. The molecule has 6 nitrogen and oxygen atoms in total. The minimum Gasteiger partial charge on any atom is -0.493 e. The number of benzene rings is 1. The van der Waals surface area contributed by atoms with Crippen molar-refractivity contribution in [2.45, 2.75) is 98.1 Å². The summed E-state index contributed by atoms with van der Waals surface area (Å²) in [7, 11) is 3.37. The molecule has 2 atom stereocenters. The van der Waals surface area contributed by atoms with Crippen molar-refractivity contribution in [3.8, 4) is 11.5 Å². The van der Waals surface area contributed by atoms with E-state index in [0.717, 1.165) is 62.7 Å². The van der Waals surface area contributed by atoms with Gasteiger partial charge in [0.1, 0.15) is 0 Å². The van der Waals surface area contributed by atoms with Crippen molar-refractivity contribution in [1.29, 1.82) is 0 Å². The molecule has 2 rings (SSSR count). The Morgan fingerprint density at radius 2 is 1.42 bits per heavy atom. The molecule has 1 fully saturated rings. The molecule has 0 aromatic heterocycles. The fourth-order valence-electron chi connectivity index (χ4n) is 6.02. The van der Waals surface area contributed by atoms with Crippen LogP contribution in [0.3, 0.4) is 0 Å². The molecule has 0 aliphatic carbocycles. The van der Waals surface area contributed by atoms with Gasteiger partial charge in [0.2, 0.25) is 0 Å². The normalized spacial score (nSPS) is 20.4. The highest BCUT2D eigenvalue weighted by atomic mass is 16.5. The summed E-state index contributed by atoms with van der Waals surface area (Å²) in [6.45, 7) is 20.4. The van der Waals surface area contributed by atoms with Gasteiger partial charge in [0.15, 0.2) is 11.5 Å². The van der Waals surface area contributed by atoms with Crippen molar-refractivity contribution in [3.05, 3.63) is 23.8 Å². The first-order valence-electron chi connectivity index (χ1n) is 15.5. The number of nitrogens with zero attached hydrogens (tertiary/aromatic N) is 2. The lowest BCUT2D eigenvalue weighted by molar-refractivity contribution is 0.00519. The number of rotatable bonds is 20. The average molecular weight is 533 g/mol. The van der Waals surface area contributed by atoms with Gasteiger partial charge in [-0.3, -0.25) is 9.80 Å². The zero-order chi connectivity index (χ0) is 27.8. The Morgan fingerprint density at radius 1 is 0.842 bits per heavy atom. The molecular formula is C32H60N4O2. The summed E-state index contributed by atoms with van der Waals surface area (Å²) in [5, 5.41) is 7.58. The largest absolute Gasteiger partial charge is 0.493 e. The Bertz CT molecular complexity index is 733. The molecule has 0 radical (unpaired) electrons. The van der Waals surface area contributed by atoms with E-state index in [2.05, 4.69) is 67.2 Å². The molecular weight excluding hydrogens is 472 g/mol. The zero-order valence-electron chi connectivity index (χ0n) is 25.9. The second kappa shape index (κ2) is 18.1. The lowest BCUT2D eigenvalue weighted by Gasteiger charge is -2.48. The lowest BCUT2D eigenvalue weighted by Crippen LogP contribution is -2.65. The van der Waals surface area contributed by atoms with Crippen LogP contribution in [0.2, 0.25) is 0 Å². The van der Waals surface area contributed by atoms with Crippen LogP contribution in [0.5, 0.6) is 11.5 Å². The Labute approximate surface area is 235 Å². The SMILES string of the molecule is CCCCC(CC)CN1CN(CC(CC)CCCC)CC(C)(NCCNCc2ccc(OC)c(OC)c2)C1. The van der Waals surface area contributed by atoms with Crippen LogP contribution in [0.25, 0.3) is 0 Å². The Kier molecular flexibility index (Phi) is 15.6. The number of nitrogens with one attached hydrogen (secondary N) is 2. The molecule has 38 heavy (non-hydrogen) atoms. The molecule has 0 spiro atoms. The van der Waals surface area contributed by atoms with Gasteiger partial charge >= 0.3 is 0 Å². The second-order valence-corrected chi connectivity index (χ2v) is 11.9. The van der Waals surface area contributed by atoms with E-state index >= 15 is 0 Å². The molecule has 2 N–H and O–H groups in total. The fourth-order valence-corrected chi connectivity index (χ4v) is 6.02. The molecule has 1 aromatic carbocycles. The molecule has 220 valence electrons. The molecule has 0 saturated carbocycles. The van der Waals surface area contributed by atoms with Gasteiger partial charge < -0.3 is 20.1 Å². The van der Waals surface area contributed by atoms with Gasteiger partial charge in [-0.15, -0.1) is 0 Å². The van der Waals surface area contributed by atoms with Crippen molar-refractivity contribution < 1.29 is 9.47 Å². The third kappa shape index (κ3) is 11.4. The average Bonchev–Trinajstić information content (AvgIpc) is 2.92. The smallest absolute Gasteiger partial charge is 0.161 e. The first kappa shape index (κ1) is 32.9. The lowest BCUT2D eigenvalue weighted by atomic mass is 9.93.